The number of rotatable bonds is 2. The van der Waals surface area contributed by atoms with Crippen LogP contribution >= 0.6 is 0 Å². The van der Waals surface area contributed by atoms with Gasteiger partial charge in [-0.15, -0.1) is 0 Å². The second-order valence-electron chi connectivity index (χ2n) is 3.68. The summed E-state index contributed by atoms with van der Waals surface area (Å²) in [7, 11) is 0. The molecule has 0 fully saturated rings. The molecule has 0 aromatic heterocycles. The van der Waals surface area contributed by atoms with Crippen LogP contribution in [0.2, 0.25) is 0 Å². The van der Waals surface area contributed by atoms with Gasteiger partial charge in [0.15, 0.2) is 0 Å². The van der Waals surface area contributed by atoms with Gasteiger partial charge in [0.2, 0.25) is 0 Å². The summed E-state index contributed by atoms with van der Waals surface area (Å²) in [5.41, 5.74) is 1.31. The minimum absolute atomic E-state index is 0.180. The van der Waals surface area contributed by atoms with Crippen LogP contribution in [0.1, 0.15) is 27.2 Å². The van der Waals surface area contributed by atoms with Gasteiger partial charge in [0.25, 0.3) is 0 Å². The van der Waals surface area contributed by atoms with Crippen LogP contribution in [-0.2, 0) is 0 Å². The van der Waals surface area contributed by atoms with E-state index in [1.54, 1.807) is 0 Å². The molecule has 0 aromatic carbocycles. The Morgan fingerprint density at radius 1 is 1.58 bits per heavy atom. The number of aliphatic hydroxyl groups excluding tert-OH is 1. The fraction of sp³-hybridized carbons (Fsp3) is 0.636. The Labute approximate surface area is 74.8 Å². The Balaban J connectivity index is 2.65. The highest BCUT2D eigenvalue weighted by atomic mass is 16.3. The van der Waals surface area contributed by atoms with Gasteiger partial charge in [-0.3, -0.25) is 0 Å². The Hall–Kier alpha value is -0.560. The molecule has 1 heteroatoms. The Morgan fingerprint density at radius 3 is 2.75 bits per heavy atom. The first kappa shape index (κ1) is 9.53. The summed E-state index contributed by atoms with van der Waals surface area (Å²) in [6, 6.07) is 0. The zero-order valence-electron chi connectivity index (χ0n) is 8.12. The molecule has 1 N–H and O–H groups in total. The normalized spacial score (nSPS) is 31.5. The number of hydrogen-bond acceptors (Lipinski definition) is 1. The second kappa shape index (κ2) is 3.90. The van der Waals surface area contributed by atoms with Crippen LogP contribution in [0.5, 0.6) is 0 Å². The van der Waals surface area contributed by atoms with Crippen LogP contribution in [0.4, 0.5) is 0 Å². The predicted octanol–water partition coefficient (Wildman–Crippen LogP) is 2.53. The average molecular weight is 166 g/mol. The van der Waals surface area contributed by atoms with E-state index in [4.69, 9.17) is 0 Å². The first-order chi connectivity index (χ1) is 5.65. The van der Waals surface area contributed by atoms with E-state index in [-0.39, 0.29) is 6.10 Å². The van der Waals surface area contributed by atoms with E-state index < -0.39 is 0 Å². The van der Waals surface area contributed by atoms with Crippen molar-refractivity contribution >= 4 is 0 Å². The summed E-state index contributed by atoms with van der Waals surface area (Å²) in [6.45, 7) is 6.29. The van der Waals surface area contributed by atoms with Crippen molar-refractivity contribution in [3.05, 3.63) is 23.8 Å². The van der Waals surface area contributed by atoms with Gasteiger partial charge in [-0.25, -0.2) is 0 Å². The van der Waals surface area contributed by atoms with Gasteiger partial charge < -0.3 is 5.11 Å². The van der Waals surface area contributed by atoms with E-state index in [0.29, 0.717) is 11.8 Å². The largest absolute Gasteiger partial charge is 0.393 e. The maximum atomic E-state index is 9.66. The molecule has 1 aliphatic carbocycles. The molecule has 1 nitrogen and oxygen atoms in total. The van der Waals surface area contributed by atoms with Gasteiger partial charge >= 0.3 is 0 Å². The van der Waals surface area contributed by atoms with Crippen LogP contribution in [-0.4, -0.2) is 11.2 Å². The van der Waals surface area contributed by atoms with E-state index in [0.717, 1.165) is 6.42 Å². The maximum absolute atomic E-state index is 9.66. The Morgan fingerprint density at radius 2 is 2.25 bits per heavy atom. The van der Waals surface area contributed by atoms with Crippen LogP contribution in [0.15, 0.2) is 23.8 Å². The van der Waals surface area contributed by atoms with Gasteiger partial charge in [-0.05, 0) is 19.3 Å². The molecule has 68 valence electrons. The van der Waals surface area contributed by atoms with Crippen LogP contribution < -0.4 is 0 Å². The lowest BCUT2D eigenvalue weighted by molar-refractivity contribution is 0.108. The van der Waals surface area contributed by atoms with E-state index in [2.05, 4.69) is 32.1 Å². The summed E-state index contributed by atoms with van der Waals surface area (Å²) >= 11 is 0. The number of hydrogen-bond donors (Lipinski definition) is 1. The third-order valence-electron chi connectivity index (χ3n) is 2.58. The fourth-order valence-electron chi connectivity index (χ4n) is 1.77. The Bertz CT molecular complexity index is 203. The van der Waals surface area contributed by atoms with Crippen molar-refractivity contribution in [3.8, 4) is 0 Å². The molecule has 1 aliphatic rings. The molecule has 0 heterocycles. The lowest BCUT2D eigenvalue weighted by Gasteiger charge is -2.26. The summed E-state index contributed by atoms with van der Waals surface area (Å²) in [4.78, 5) is 0. The monoisotopic (exact) mass is 166 g/mol. The summed E-state index contributed by atoms with van der Waals surface area (Å²) in [6.07, 6.45) is 7.12. The van der Waals surface area contributed by atoms with Gasteiger partial charge in [0.1, 0.15) is 0 Å². The van der Waals surface area contributed by atoms with Gasteiger partial charge in [0, 0.05) is 5.92 Å². The quantitative estimate of drug-likeness (QED) is 0.668. The van der Waals surface area contributed by atoms with E-state index in [9.17, 15) is 5.11 Å². The van der Waals surface area contributed by atoms with E-state index in [1.807, 2.05) is 6.92 Å². The lowest BCUT2D eigenvalue weighted by Crippen LogP contribution is -2.24. The topological polar surface area (TPSA) is 20.2 Å². The SMILES string of the molecule is CCC(O)C1C=CC(C)=CC1C. The van der Waals surface area contributed by atoms with Crippen molar-refractivity contribution < 1.29 is 5.11 Å². The highest BCUT2D eigenvalue weighted by Gasteiger charge is 2.21. The van der Waals surface area contributed by atoms with Crippen molar-refractivity contribution in [1.29, 1.82) is 0 Å². The highest BCUT2D eigenvalue weighted by molar-refractivity contribution is 5.23. The molecule has 0 radical (unpaired) electrons. The fourth-order valence-corrected chi connectivity index (χ4v) is 1.77. The zero-order chi connectivity index (χ0) is 9.14. The molecule has 0 aromatic rings. The first-order valence-electron chi connectivity index (χ1n) is 4.69. The van der Waals surface area contributed by atoms with Crippen LogP contribution in [0.25, 0.3) is 0 Å². The molecule has 0 aliphatic heterocycles. The highest BCUT2D eigenvalue weighted by Crippen LogP contribution is 2.26. The van der Waals surface area contributed by atoms with Crippen molar-refractivity contribution in [2.75, 3.05) is 0 Å². The van der Waals surface area contributed by atoms with Crippen molar-refractivity contribution in [1.82, 2.24) is 0 Å². The molecule has 12 heavy (non-hydrogen) atoms. The van der Waals surface area contributed by atoms with Crippen molar-refractivity contribution in [2.24, 2.45) is 11.8 Å². The van der Waals surface area contributed by atoms with Crippen LogP contribution in [0, 0.1) is 11.8 Å². The third-order valence-corrected chi connectivity index (χ3v) is 2.58. The molecule has 0 spiro atoms. The van der Waals surface area contributed by atoms with Crippen molar-refractivity contribution in [3.63, 3.8) is 0 Å². The number of allylic oxidation sites excluding steroid dienone is 3. The van der Waals surface area contributed by atoms with E-state index >= 15 is 0 Å². The summed E-state index contributed by atoms with van der Waals surface area (Å²) in [5.74, 6) is 0.795. The van der Waals surface area contributed by atoms with Crippen LogP contribution in [0.3, 0.4) is 0 Å². The number of aliphatic hydroxyl groups is 1. The molecule has 0 saturated carbocycles. The first-order valence-corrected chi connectivity index (χ1v) is 4.69. The minimum Gasteiger partial charge on any atom is -0.393 e. The van der Waals surface area contributed by atoms with E-state index in [1.165, 1.54) is 5.57 Å². The standard InChI is InChI=1S/C11H18O/c1-4-11(12)10-6-5-8(2)7-9(10)3/h5-7,9-12H,4H2,1-3H3. The zero-order valence-corrected chi connectivity index (χ0v) is 8.12. The second-order valence-corrected chi connectivity index (χ2v) is 3.68. The summed E-state index contributed by atoms with van der Waals surface area (Å²) in [5, 5.41) is 9.66. The molecule has 3 unspecified atom stereocenters. The molecule has 0 amide bonds. The lowest BCUT2D eigenvalue weighted by atomic mass is 9.83. The molecule has 0 bridgehead atoms. The third kappa shape index (κ3) is 1.98. The average Bonchev–Trinajstić information content (AvgIpc) is 2.03. The molecule has 1 rings (SSSR count). The molecule has 3 atom stereocenters. The molecule has 0 saturated heterocycles. The predicted molar refractivity (Wildman–Crippen MR) is 51.8 cm³/mol. The van der Waals surface area contributed by atoms with Gasteiger partial charge in [-0.2, -0.15) is 0 Å². The van der Waals surface area contributed by atoms with Gasteiger partial charge in [0.05, 0.1) is 6.10 Å². The van der Waals surface area contributed by atoms with Crippen molar-refractivity contribution in [2.45, 2.75) is 33.3 Å². The van der Waals surface area contributed by atoms with Gasteiger partial charge in [-0.1, -0.05) is 37.6 Å². The Kier molecular flexibility index (Phi) is 3.10. The molecular weight excluding hydrogens is 148 g/mol. The summed E-state index contributed by atoms with van der Waals surface area (Å²) < 4.78 is 0. The minimum atomic E-state index is -0.180. The molecular formula is C11H18O. The smallest absolute Gasteiger partial charge is 0.0605 e. The maximum Gasteiger partial charge on any atom is 0.0605 e.